The molecule has 0 aliphatic carbocycles. The molecule has 76 valence electrons. The highest BCUT2D eigenvalue weighted by Crippen LogP contribution is 2.28. The maximum atomic E-state index is 10.7. The van der Waals surface area contributed by atoms with Gasteiger partial charge in [0.05, 0.1) is 11.6 Å². The molecular weight excluding hydrogens is 248 g/mol. The van der Waals surface area contributed by atoms with Gasteiger partial charge in [-0.3, -0.25) is 4.79 Å². The van der Waals surface area contributed by atoms with E-state index in [0.717, 1.165) is 10.2 Å². The zero-order valence-corrected chi connectivity index (χ0v) is 9.63. The number of Topliss-reactive ketones (excluding diaryl/α,β-unsaturated/α-hetero) is 1. The van der Waals surface area contributed by atoms with Crippen LogP contribution in [0, 0.1) is 0 Å². The molecular formula is C10H11BrO3. The Morgan fingerprint density at radius 3 is 2.71 bits per heavy atom. The zero-order chi connectivity index (χ0) is 10.6. The van der Waals surface area contributed by atoms with Crippen molar-refractivity contribution in [2.45, 2.75) is 6.92 Å². The van der Waals surface area contributed by atoms with Crippen molar-refractivity contribution in [3.8, 4) is 11.5 Å². The molecule has 0 radical (unpaired) electrons. The number of benzene rings is 1. The van der Waals surface area contributed by atoms with Crippen LogP contribution in [0.3, 0.4) is 0 Å². The first kappa shape index (κ1) is 11.0. The first-order valence-electron chi connectivity index (χ1n) is 4.09. The van der Waals surface area contributed by atoms with Crippen molar-refractivity contribution in [1.82, 2.24) is 0 Å². The van der Waals surface area contributed by atoms with E-state index >= 15 is 0 Å². The van der Waals surface area contributed by atoms with Gasteiger partial charge in [0.15, 0.2) is 5.78 Å². The highest BCUT2D eigenvalue weighted by atomic mass is 79.9. The number of carbonyl (C=O) groups excluding carboxylic acids is 1. The summed E-state index contributed by atoms with van der Waals surface area (Å²) in [4.78, 5) is 10.7. The number of halogens is 1. The van der Waals surface area contributed by atoms with E-state index in [1.807, 2.05) is 0 Å². The van der Waals surface area contributed by atoms with Crippen molar-refractivity contribution in [1.29, 1.82) is 0 Å². The number of rotatable bonds is 4. The van der Waals surface area contributed by atoms with Gasteiger partial charge in [0.1, 0.15) is 18.1 Å². The highest BCUT2D eigenvalue weighted by Gasteiger charge is 2.03. The van der Waals surface area contributed by atoms with Gasteiger partial charge in [-0.05, 0) is 41.1 Å². The number of ether oxygens (including phenoxy) is 2. The Hall–Kier alpha value is -1.03. The van der Waals surface area contributed by atoms with Crippen LogP contribution in [0.1, 0.15) is 6.92 Å². The number of methoxy groups -OCH3 is 1. The third-order valence-corrected chi connectivity index (χ3v) is 2.19. The van der Waals surface area contributed by atoms with Crippen molar-refractivity contribution in [2.75, 3.05) is 13.7 Å². The fourth-order valence-corrected chi connectivity index (χ4v) is 1.38. The maximum absolute atomic E-state index is 10.7. The number of carbonyl (C=O) groups is 1. The second-order valence-corrected chi connectivity index (χ2v) is 3.64. The zero-order valence-electron chi connectivity index (χ0n) is 8.04. The second-order valence-electron chi connectivity index (χ2n) is 2.79. The van der Waals surface area contributed by atoms with Crippen molar-refractivity contribution in [3.05, 3.63) is 22.7 Å². The van der Waals surface area contributed by atoms with Crippen molar-refractivity contribution in [2.24, 2.45) is 0 Å². The van der Waals surface area contributed by atoms with Crippen molar-refractivity contribution < 1.29 is 14.3 Å². The molecule has 0 aliphatic heterocycles. The van der Waals surface area contributed by atoms with E-state index in [1.54, 1.807) is 25.3 Å². The van der Waals surface area contributed by atoms with Crippen LogP contribution >= 0.6 is 15.9 Å². The smallest absolute Gasteiger partial charge is 0.167 e. The van der Waals surface area contributed by atoms with Gasteiger partial charge >= 0.3 is 0 Å². The summed E-state index contributed by atoms with van der Waals surface area (Å²) in [6.07, 6.45) is 0. The molecule has 1 aromatic rings. The summed E-state index contributed by atoms with van der Waals surface area (Å²) < 4.78 is 11.0. The summed E-state index contributed by atoms with van der Waals surface area (Å²) >= 11 is 3.32. The molecule has 3 nitrogen and oxygen atoms in total. The normalized spacial score (nSPS) is 9.64. The molecule has 0 aliphatic rings. The van der Waals surface area contributed by atoms with E-state index in [1.165, 1.54) is 6.92 Å². The highest BCUT2D eigenvalue weighted by molar-refractivity contribution is 9.10. The Balaban J connectivity index is 2.73. The van der Waals surface area contributed by atoms with E-state index < -0.39 is 0 Å². The van der Waals surface area contributed by atoms with Gasteiger partial charge in [-0.15, -0.1) is 0 Å². The lowest BCUT2D eigenvalue weighted by Crippen LogP contribution is -2.06. The van der Waals surface area contributed by atoms with Crippen LogP contribution in [0.4, 0.5) is 0 Å². The molecule has 0 N–H and O–H groups in total. The topological polar surface area (TPSA) is 35.5 Å². The molecule has 0 fully saturated rings. The molecule has 0 atom stereocenters. The molecule has 14 heavy (non-hydrogen) atoms. The summed E-state index contributed by atoms with van der Waals surface area (Å²) in [7, 11) is 1.60. The molecule has 0 spiro atoms. The molecule has 0 saturated heterocycles. The van der Waals surface area contributed by atoms with Crippen LogP contribution < -0.4 is 9.47 Å². The van der Waals surface area contributed by atoms with Crippen LogP contribution in [0.15, 0.2) is 22.7 Å². The second kappa shape index (κ2) is 5.00. The first-order valence-corrected chi connectivity index (χ1v) is 4.88. The SMILES string of the molecule is COc1ccc(OCC(C)=O)c(Br)c1. The quantitative estimate of drug-likeness (QED) is 0.833. The van der Waals surface area contributed by atoms with Gasteiger partial charge in [0, 0.05) is 0 Å². The van der Waals surface area contributed by atoms with E-state index in [4.69, 9.17) is 9.47 Å². The van der Waals surface area contributed by atoms with Gasteiger partial charge in [-0.2, -0.15) is 0 Å². The fourth-order valence-electron chi connectivity index (χ4n) is 0.905. The molecule has 0 unspecified atom stereocenters. The Labute approximate surface area is 91.1 Å². The third kappa shape index (κ3) is 3.03. The number of hydrogen-bond acceptors (Lipinski definition) is 3. The lowest BCUT2D eigenvalue weighted by molar-refractivity contribution is -0.118. The molecule has 0 heterocycles. The van der Waals surface area contributed by atoms with Crippen LogP contribution in [0.2, 0.25) is 0 Å². The summed E-state index contributed by atoms with van der Waals surface area (Å²) in [5.74, 6) is 1.38. The largest absolute Gasteiger partial charge is 0.497 e. The minimum atomic E-state index is -0.00674. The lowest BCUT2D eigenvalue weighted by atomic mass is 10.3. The van der Waals surface area contributed by atoms with Crippen LogP contribution in [-0.2, 0) is 4.79 Å². The molecule has 1 rings (SSSR count). The first-order chi connectivity index (χ1) is 6.63. The Morgan fingerprint density at radius 2 is 2.21 bits per heavy atom. The monoisotopic (exact) mass is 258 g/mol. The van der Waals surface area contributed by atoms with E-state index in [-0.39, 0.29) is 12.4 Å². The summed E-state index contributed by atoms with van der Waals surface area (Å²) in [5.41, 5.74) is 0. The molecule has 0 bridgehead atoms. The summed E-state index contributed by atoms with van der Waals surface area (Å²) in [5, 5.41) is 0. The minimum absolute atomic E-state index is 0.00674. The Morgan fingerprint density at radius 1 is 1.50 bits per heavy atom. The van der Waals surface area contributed by atoms with Crippen LogP contribution in [0.25, 0.3) is 0 Å². The van der Waals surface area contributed by atoms with Gasteiger partial charge in [0.2, 0.25) is 0 Å². The average molecular weight is 259 g/mol. The molecule has 0 aromatic heterocycles. The summed E-state index contributed by atoms with van der Waals surface area (Å²) in [6, 6.07) is 5.32. The predicted octanol–water partition coefficient (Wildman–Crippen LogP) is 2.43. The Bertz CT molecular complexity index is 336. The van der Waals surface area contributed by atoms with Gasteiger partial charge < -0.3 is 9.47 Å². The minimum Gasteiger partial charge on any atom is -0.497 e. The fraction of sp³-hybridized carbons (Fsp3) is 0.300. The van der Waals surface area contributed by atoms with E-state index in [9.17, 15) is 4.79 Å². The van der Waals surface area contributed by atoms with Gasteiger partial charge in [-0.25, -0.2) is 0 Å². The average Bonchev–Trinajstić information content (AvgIpc) is 2.15. The number of hydrogen-bond donors (Lipinski definition) is 0. The Kier molecular flexibility index (Phi) is 3.95. The van der Waals surface area contributed by atoms with Crippen molar-refractivity contribution >= 4 is 21.7 Å². The predicted molar refractivity (Wildman–Crippen MR) is 56.9 cm³/mol. The standard InChI is InChI=1S/C10H11BrO3/c1-7(12)6-14-10-4-3-8(13-2)5-9(10)11/h3-5H,6H2,1-2H3. The lowest BCUT2D eigenvalue weighted by Gasteiger charge is -2.07. The van der Waals surface area contributed by atoms with Gasteiger partial charge in [-0.1, -0.05) is 0 Å². The third-order valence-electron chi connectivity index (χ3n) is 1.57. The molecule has 4 heteroatoms. The van der Waals surface area contributed by atoms with Crippen molar-refractivity contribution in [3.63, 3.8) is 0 Å². The van der Waals surface area contributed by atoms with Crippen LogP contribution in [0.5, 0.6) is 11.5 Å². The maximum Gasteiger partial charge on any atom is 0.167 e. The summed E-state index contributed by atoms with van der Waals surface area (Å²) in [6.45, 7) is 1.57. The van der Waals surface area contributed by atoms with E-state index in [0.29, 0.717) is 5.75 Å². The van der Waals surface area contributed by atoms with Gasteiger partial charge in [0.25, 0.3) is 0 Å². The molecule has 0 saturated carbocycles. The van der Waals surface area contributed by atoms with E-state index in [2.05, 4.69) is 15.9 Å². The number of ketones is 1. The van der Waals surface area contributed by atoms with Crippen LogP contribution in [-0.4, -0.2) is 19.5 Å². The molecule has 1 aromatic carbocycles. The molecule has 0 amide bonds.